The lowest BCUT2D eigenvalue weighted by molar-refractivity contribution is 0.266. The predicted octanol–water partition coefficient (Wildman–Crippen LogP) is 7.74. The van der Waals surface area contributed by atoms with Crippen molar-refractivity contribution in [3.05, 3.63) is 110 Å². The van der Waals surface area contributed by atoms with Gasteiger partial charge in [0.15, 0.2) is 17.3 Å². The van der Waals surface area contributed by atoms with E-state index in [0.717, 1.165) is 32.5 Å². The predicted molar refractivity (Wildman–Crippen MR) is 178 cm³/mol. The number of hydrogen-bond acceptors (Lipinski definition) is 7. The molecule has 0 unspecified atom stereocenters. The van der Waals surface area contributed by atoms with Crippen molar-refractivity contribution in [1.82, 2.24) is 9.66 Å². The molecular weight excluding hydrogens is 622 g/mol. The van der Waals surface area contributed by atoms with Gasteiger partial charge in [0.25, 0.3) is 5.56 Å². The van der Waals surface area contributed by atoms with E-state index in [1.54, 1.807) is 45.7 Å². The van der Waals surface area contributed by atoms with E-state index in [9.17, 15) is 4.79 Å². The Kier molecular flexibility index (Phi) is 9.35. The number of aromatic nitrogens is 2. The Labute approximate surface area is 265 Å². The highest BCUT2D eigenvalue weighted by atomic mass is 79.9. The van der Waals surface area contributed by atoms with Gasteiger partial charge < -0.3 is 18.9 Å². The second-order valence-electron chi connectivity index (χ2n) is 10.5. The van der Waals surface area contributed by atoms with Gasteiger partial charge in [0.05, 0.1) is 38.4 Å². The van der Waals surface area contributed by atoms with Crippen molar-refractivity contribution in [3.63, 3.8) is 0 Å². The minimum atomic E-state index is -0.281. The zero-order chi connectivity index (χ0) is 31.4. The number of benzene rings is 4. The summed E-state index contributed by atoms with van der Waals surface area (Å²) in [4.78, 5) is 18.8. The maximum Gasteiger partial charge on any atom is 0.282 e. The minimum Gasteiger partial charge on any atom is -0.496 e. The monoisotopic (exact) mass is 655 g/mol. The van der Waals surface area contributed by atoms with Crippen LogP contribution in [0.1, 0.15) is 42.0 Å². The first-order valence-electron chi connectivity index (χ1n) is 14.1. The van der Waals surface area contributed by atoms with Gasteiger partial charge >= 0.3 is 0 Å². The zero-order valence-electron chi connectivity index (χ0n) is 25.6. The van der Waals surface area contributed by atoms with Gasteiger partial charge in [0.1, 0.15) is 12.4 Å². The first-order valence-corrected chi connectivity index (χ1v) is 14.9. The maximum atomic E-state index is 13.9. The van der Waals surface area contributed by atoms with Crippen molar-refractivity contribution in [2.24, 2.45) is 5.10 Å². The molecule has 0 radical (unpaired) electrons. The molecule has 0 aliphatic rings. The largest absolute Gasteiger partial charge is 0.496 e. The van der Waals surface area contributed by atoms with Crippen LogP contribution in [0.4, 0.5) is 0 Å². The highest BCUT2D eigenvalue weighted by Gasteiger charge is 2.19. The van der Waals surface area contributed by atoms with E-state index in [4.69, 9.17) is 23.9 Å². The maximum absolute atomic E-state index is 13.9. The summed E-state index contributed by atoms with van der Waals surface area (Å²) in [7, 11) is 4.79. The van der Waals surface area contributed by atoms with Gasteiger partial charge in [0.2, 0.25) is 5.75 Å². The van der Waals surface area contributed by atoms with Crippen LogP contribution in [0.3, 0.4) is 0 Å². The van der Waals surface area contributed by atoms with E-state index in [1.807, 2.05) is 61.5 Å². The molecule has 0 N–H and O–H groups in total. The third-order valence-electron chi connectivity index (χ3n) is 7.30. The molecule has 0 saturated carbocycles. The number of aryl methyl sites for hydroxylation is 1. The number of rotatable bonds is 10. The SMILES string of the molecule is COc1cc(C)c(-c2nc3ccccc3c(=O)n2N=Cc2cc(OC)c(OCc3ccc(Br)cc3)c(OC)c2)cc1C(C)C. The number of methoxy groups -OCH3 is 3. The summed E-state index contributed by atoms with van der Waals surface area (Å²) in [5.74, 6) is 2.83. The zero-order valence-corrected chi connectivity index (χ0v) is 27.1. The molecule has 4 aromatic carbocycles. The fraction of sp³-hybridized carbons (Fsp3) is 0.229. The van der Waals surface area contributed by atoms with Gasteiger partial charge in [-0.1, -0.05) is 54.0 Å². The first kappa shape index (κ1) is 30.8. The van der Waals surface area contributed by atoms with Gasteiger partial charge in [-0.05, 0) is 78.1 Å². The smallest absolute Gasteiger partial charge is 0.282 e. The Hall–Kier alpha value is -4.63. The lowest BCUT2D eigenvalue weighted by Gasteiger charge is -2.17. The average molecular weight is 657 g/mol. The summed E-state index contributed by atoms with van der Waals surface area (Å²) < 4.78 is 25.4. The Bertz CT molecular complexity index is 1870. The molecule has 8 nitrogen and oxygen atoms in total. The summed E-state index contributed by atoms with van der Waals surface area (Å²) in [6, 6.07) is 22.7. The molecule has 0 aliphatic heterocycles. The lowest BCUT2D eigenvalue weighted by atomic mass is 9.96. The molecule has 44 heavy (non-hydrogen) atoms. The average Bonchev–Trinajstić information content (AvgIpc) is 3.03. The van der Waals surface area contributed by atoms with Crippen LogP contribution in [0.15, 0.2) is 87.2 Å². The van der Waals surface area contributed by atoms with Crippen LogP contribution in [0, 0.1) is 6.92 Å². The molecule has 0 fully saturated rings. The lowest BCUT2D eigenvalue weighted by Crippen LogP contribution is -2.20. The molecule has 1 heterocycles. The summed E-state index contributed by atoms with van der Waals surface area (Å²) in [6.45, 7) is 6.50. The molecule has 5 rings (SSSR count). The van der Waals surface area contributed by atoms with Gasteiger partial charge in [-0.25, -0.2) is 4.98 Å². The normalized spacial score (nSPS) is 11.4. The molecule has 0 atom stereocenters. The summed E-state index contributed by atoms with van der Waals surface area (Å²) in [5.41, 5.74) is 4.67. The fourth-order valence-corrected chi connectivity index (χ4v) is 5.21. The van der Waals surface area contributed by atoms with E-state index in [2.05, 4.69) is 34.9 Å². The van der Waals surface area contributed by atoms with Gasteiger partial charge in [-0.2, -0.15) is 9.78 Å². The van der Waals surface area contributed by atoms with Crippen LogP contribution in [0.5, 0.6) is 23.0 Å². The molecule has 9 heteroatoms. The molecule has 0 saturated heterocycles. The number of hydrogen-bond donors (Lipinski definition) is 0. The van der Waals surface area contributed by atoms with E-state index in [1.165, 1.54) is 4.68 Å². The second kappa shape index (κ2) is 13.3. The molecule has 5 aromatic rings. The van der Waals surface area contributed by atoms with Crippen molar-refractivity contribution in [3.8, 4) is 34.4 Å². The summed E-state index contributed by atoms with van der Waals surface area (Å²) in [5, 5.41) is 5.14. The summed E-state index contributed by atoms with van der Waals surface area (Å²) >= 11 is 3.45. The Morgan fingerprint density at radius 1 is 0.909 bits per heavy atom. The molecule has 1 aromatic heterocycles. The number of nitrogens with zero attached hydrogens (tertiary/aromatic N) is 3. The highest BCUT2D eigenvalue weighted by molar-refractivity contribution is 9.10. The molecule has 0 aliphatic carbocycles. The van der Waals surface area contributed by atoms with E-state index < -0.39 is 0 Å². The van der Waals surface area contributed by atoms with Crippen molar-refractivity contribution in [1.29, 1.82) is 0 Å². The molecule has 0 bridgehead atoms. The molecular formula is C35H34BrN3O5. The van der Waals surface area contributed by atoms with E-state index in [0.29, 0.717) is 46.1 Å². The molecule has 226 valence electrons. The second-order valence-corrected chi connectivity index (χ2v) is 11.5. The fourth-order valence-electron chi connectivity index (χ4n) is 4.95. The minimum absolute atomic E-state index is 0.192. The van der Waals surface area contributed by atoms with Crippen LogP contribution in [0.2, 0.25) is 0 Å². The van der Waals surface area contributed by atoms with Crippen molar-refractivity contribution in [2.75, 3.05) is 21.3 Å². The van der Waals surface area contributed by atoms with E-state index in [-0.39, 0.29) is 11.5 Å². The van der Waals surface area contributed by atoms with Crippen molar-refractivity contribution >= 4 is 33.0 Å². The standard InChI is InChI=1S/C35H34BrN3O5/c1-21(2)27-18-28(22(3)15-30(27)41-4)34-38-29-10-8-7-9-26(29)35(40)39(34)37-19-24-16-31(42-5)33(32(17-24)43-6)44-20-23-11-13-25(36)14-12-23/h7-19,21H,20H2,1-6H3. The Morgan fingerprint density at radius 2 is 1.57 bits per heavy atom. The number of ether oxygens (including phenoxy) is 4. The quantitative estimate of drug-likeness (QED) is 0.143. The van der Waals surface area contributed by atoms with E-state index >= 15 is 0 Å². The molecule has 0 amide bonds. The summed E-state index contributed by atoms with van der Waals surface area (Å²) in [6.07, 6.45) is 1.59. The highest BCUT2D eigenvalue weighted by Crippen LogP contribution is 2.39. The number of halogens is 1. The van der Waals surface area contributed by atoms with Crippen LogP contribution in [-0.4, -0.2) is 37.2 Å². The Balaban J connectivity index is 1.60. The number of fused-ring (bicyclic) bond motifs is 1. The van der Waals surface area contributed by atoms with Crippen LogP contribution >= 0.6 is 15.9 Å². The van der Waals surface area contributed by atoms with Crippen LogP contribution < -0.4 is 24.5 Å². The van der Waals surface area contributed by atoms with Crippen LogP contribution in [-0.2, 0) is 6.61 Å². The van der Waals surface area contributed by atoms with Crippen molar-refractivity contribution < 1.29 is 18.9 Å². The van der Waals surface area contributed by atoms with Gasteiger partial charge in [-0.15, -0.1) is 0 Å². The van der Waals surface area contributed by atoms with Crippen molar-refractivity contribution in [2.45, 2.75) is 33.3 Å². The Morgan fingerprint density at radius 3 is 2.20 bits per heavy atom. The first-order chi connectivity index (χ1) is 21.2. The number of para-hydroxylation sites is 1. The third kappa shape index (κ3) is 6.33. The third-order valence-corrected chi connectivity index (χ3v) is 7.82. The van der Waals surface area contributed by atoms with Gasteiger partial charge in [-0.3, -0.25) is 4.79 Å². The topological polar surface area (TPSA) is 84.2 Å². The van der Waals surface area contributed by atoms with Crippen LogP contribution in [0.25, 0.3) is 22.3 Å². The van der Waals surface area contributed by atoms with Gasteiger partial charge in [0, 0.05) is 15.6 Å². The molecule has 0 spiro atoms.